The number of hydrogen-bond acceptors (Lipinski definition) is 2. The SMILES string of the molecule is CC1CC(C)CC(NC(C)c2ccc(NC(N)=O)cc2)C1. The summed E-state index contributed by atoms with van der Waals surface area (Å²) in [5.41, 5.74) is 7.08. The molecule has 0 heterocycles. The van der Waals surface area contributed by atoms with Crippen LogP contribution in [0.15, 0.2) is 24.3 Å². The maximum absolute atomic E-state index is 10.8. The smallest absolute Gasteiger partial charge is 0.316 e. The minimum absolute atomic E-state index is 0.315. The number of rotatable bonds is 4. The summed E-state index contributed by atoms with van der Waals surface area (Å²) in [6.07, 6.45) is 3.87. The normalized spacial score (nSPS) is 27.1. The Labute approximate surface area is 127 Å². The molecule has 4 heteroatoms. The molecule has 0 aliphatic heterocycles. The highest BCUT2D eigenvalue weighted by Crippen LogP contribution is 2.30. The molecule has 2 rings (SSSR count). The molecule has 3 unspecified atom stereocenters. The van der Waals surface area contributed by atoms with Crippen LogP contribution in [0.1, 0.15) is 51.6 Å². The topological polar surface area (TPSA) is 67.2 Å². The van der Waals surface area contributed by atoms with E-state index in [4.69, 9.17) is 5.73 Å². The van der Waals surface area contributed by atoms with Crippen LogP contribution in [-0.4, -0.2) is 12.1 Å². The third kappa shape index (κ3) is 4.74. The van der Waals surface area contributed by atoms with Gasteiger partial charge in [-0.3, -0.25) is 0 Å². The lowest BCUT2D eigenvalue weighted by molar-refractivity contribution is 0.228. The molecule has 0 spiro atoms. The first-order valence-electron chi connectivity index (χ1n) is 7.86. The second-order valence-electron chi connectivity index (χ2n) is 6.61. The molecular formula is C17H27N3O. The molecule has 0 saturated heterocycles. The van der Waals surface area contributed by atoms with Crippen LogP contribution < -0.4 is 16.4 Å². The zero-order chi connectivity index (χ0) is 15.4. The van der Waals surface area contributed by atoms with Crippen LogP contribution >= 0.6 is 0 Å². The lowest BCUT2D eigenvalue weighted by atomic mass is 9.80. The first-order valence-corrected chi connectivity index (χ1v) is 7.86. The summed E-state index contributed by atoms with van der Waals surface area (Å²) in [6, 6.07) is 8.25. The van der Waals surface area contributed by atoms with E-state index in [1.807, 2.05) is 24.3 Å². The van der Waals surface area contributed by atoms with Crippen molar-refractivity contribution in [2.24, 2.45) is 17.6 Å². The summed E-state index contributed by atoms with van der Waals surface area (Å²) in [4.78, 5) is 10.8. The quantitative estimate of drug-likeness (QED) is 0.792. The molecule has 1 aliphatic carbocycles. The molecule has 21 heavy (non-hydrogen) atoms. The summed E-state index contributed by atoms with van der Waals surface area (Å²) >= 11 is 0. The molecule has 4 nitrogen and oxygen atoms in total. The summed E-state index contributed by atoms with van der Waals surface area (Å²) in [6.45, 7) is 6.89. The third-order valence-corrected chi connectivity index (χ3v) is 4.34. The molecule has 3 atom stereocenters. The van der Waals surface area contributed by atoms with E-state index >= 15 is 0 Å². The van der Waals surface area contributed by atoms with E-state index in [1.54, 1.807) is 0 Å². The van der Waals surface area contributed by atoms with Gasteiger partial charge in [0.05, 0.1) is 0 Å². The van der Waals surface area contributed by atoms with Crippen molar-refractivity contribution in [2.45, 2.75) is 52.1 Å². The average Bonchev–Trinajstić information content (AvgIpc) is 2.37. The number of nitrogens with two attached hydrogens (primary N) is 1. The Hall–Kier alpha value is -1.55. The van der Waals surface area contributed by atoms with Crippen LogP contribution in [0.2, 0.25) is 0 Å². The largest absolute Gasteiger partial charge is 0.351 e. The highest BCUT2D eigenvalue weighted by Gasteiger charge is 2.24. The Balaban J connectivity index is 1.93. The van der Waals surface area contributed by atoms with Gasteiger partial charge in [0, 0.05) is 17.8 Å². The molecule has 2 amide bonds. The van der Waals surface area contributed by atoms with Crippen LogP contribution in [0.3, 0.4) is 0 Å². The highest BCUT2D eigenvalue weighted by atomic mass is 16.2. The van der Waals surface area contributed by atoms with Crippen molar-refractivity contribution in [3.05, 3.63) is 29.8 Å². The van der Waals surface area contributed by atoms with Crippen molar-refractivity contribution in [1.29, 1.82) is 0 Å². The Morgan fingerprint density at radius 1 is 1.14 bits per heavy atom. The van der Waals surface area contributed by atoms with E-state index in [0.29, 0.717) is 12.1 Å². The van der Waals surface area contributed by atoms with Gasteiger partial charge in [0.1, 0.15) is 0 Å². The van der Waals surface area contributed by atoms with Gasteiger partial charge in [-0.2, -0.15) is 0 Å². The number of carbonyl (C=O) groups is 1. The van der Waals surface area contributed by atoms with Gasteiger partial charge in [0.2, 0.25) is 0 Å². The number of benzene rings is 1. The van der Waals surface area contributed by atoms with E-state index < -0.39 is 6.03 Å². The minimum Gasteiger partial charge on any atom is -0.351 e. The first-order chi connectivity index (χ1) is 9.94. The van der Waals surface area contributed by atoms with Crippen molar-refractivity contribution < 1.29 is 4.79 Å². The van der Waals surface area contributed by atoms with Crippen LogP contribution in [0.25, 0.3) is 0 Å². The number of anilines is 1. The molecule has 0 aromatic heterocycles. The summed E-state index contributed by atoms with van der Waals surface area (Å²) in [7, 11) is 0. The molecule has 0 bridgehead atoms. The number of hydrogen-bond donors (Lipinski definition) is 3. The van der Waals surface area contributed by atoms with Crippen molar-refractivity contribution in [2.75, 3.05) is 5.32 Å². The van der Waals surface area contributed by atoms with Gasteiger partial charge < -0.3 is 16.4 Å². The number of carbonyl (C=O) groups excluding carboxylic acids is 1. The fourth-order valence-electron chi connectivity index (χ4n) is 3.53. The molecule has 0 radical (unpaired) electrons. The molecule has 4 N–H and O–H groups in total. The monoisotopic (exact) mass is 289 g/mol. The standard InChI is InChI=1S/C17H27N3O/c1-11-8-12(2)10-16(9-11)19-13(3)14-4-6-15(7-5-14)20-17(18)21/h4-7,11-13,16,19H,8-10H2,1-3H3,(H3,18,20,21). The first kappa shape index (κ1) is 15.8. The molecule has 1 saturated carbocycles. The van der Waals surface area contributed by atoms with Gasteiger partial charge in [-0.15, -0.1) is 0 Å². The zero-order valence-electron chi connectivity index (χ0n) is 13.2. The molecular weight excluding hydrogens is 262 g/mol. The van der Waals surface area contributed by atoms with E-state index in [9.17, 15) is 4.79 Å². The van der Waals surface area contributed by atoms with Crippen LogP contribution in [-0.2, 0) is 0 Å². The summed E-state index contributed by atoms with van der Waals surface area (Å²) in [5, 5.41) is 6.33. The fraction of sp³-hybridized carbons (Fsp3) is 0.588. The number of primary amides is 1. The van der Waals surface area contributed by atoms with Gasteiger partial charge in [0.25, 0.3) is 0 Å². The Bertz CT molecular complexity index is 461. The lowest BCUT2D eigenvalue weighted by Gasteiger charge is -2.34. The predicted octanol–water partition coefficient (Wildman–Crippen LogP) is 3.65. The molecule has 1 aromatic carbocycles. The highest BCUT2D eigenvalue weighted by molar-refractivity contribution is 5.87. The van der Waals surface area contributed by atoms with Gasteiger partial charge in [0.15, 0.2) is 0 Å². The Morgan fingerprint density at radius 2 is 1.71 bits per heavy atom. The zero-order valence-corrected chi connectivity index (χ0v) is 13.2. The molecule has 116 valence electrons. The van der Waals surface area contributed by atoms with Crippen molar-refractivity contribution in [3.63, 3.8) is 0 Å². The Morgan fingerprint density at radius 3 is 2.24 bits per heavy atom. The summed E-state index contributed by atoms with van der Waals surface area (Å²) < 4.78 is 0. The van der Waals surface area contributed by atoms with Crippen molar-refractivity contribution >= 4 is 11.7 Å². The van der Waals surface area contributed by atoms with Gasteiger partial charge >= 0.3 is 6.03 Å². The van der Waals surface area contributed by atoms with Crippen LogP contribution in [0, 0.1) is 11.8 Å². The average molecular weight is 289 g/mol. The lowest BCUT2D eigenvalue weighted by Crippen LogP contribution is -2.37. The van der Waals surface area contributed by atoms with E-state index in [-0.39, 0.29) is 0 Å². The molecule has 1 fully saturated rings. The molecule has 1 aliphatic rings. The maximum Gasteiger partial charge on any atom is 0.316 e. The number of nitrogens with one attached hydrogen (secondary N) is 2. The fourth-order valence-corrected chi connectivity index (χ4v) is 3.53. The van der Waals surface area contributed by atoms with E-state index in [2.05, 4.69) is 31.4 Å². The van der Waals surface area contributed by atoms with Crippen LogP contribution in [0.5, 0.6) is 0 Å². The Kier molecular flexibility index (Phi) is 5.23. The van der Waals surface area contributed by atoms with Crippen molar-refractivity contribution in [1.82, 2.24) is 5.32 Å². The second kappa shape index (κ2) is 6.94. The van der Waals surface area contributed by atoms with Crippen molar-refractivity contribution in [3.8, 4) is 0 Å². The minimum atomic E-state index is -0.529. The number of amides is 2. The third-order valence-electron chi connectivity index (χ3n) is 4.34. The van der Waals surface area contributed by atoms with Gasteiger partial charge in [-0.25, -0.2) is 4.79 Å². The van der Waals surface area contributed by atoms with Crippen LogP contribution in [0.4, 0.5) is 10.5 Å². The maximum atomic E-state index is 10.8. The van der Waals surface area contributed by atoms with Gasteiger partial charge in [-0.05, 0) is 55.7 Å². The second-order valence-corrected chi connectivity index (χ2v) is 6.61. The number of urea groups is 1. The summed E-state index contributed by atoms with van der Waals surface area (Å²) in [5.74, 6) is 1.61. The van der Waals surface area contributed by atoms with E-state index in [0.717, 1.165) is 17.5 Å². The molecule has 1 aromatic rings. The predicted molar refractivity (Wildman–Crippen MR) is 87.2 cm³/mol. The van der Waals surface area contributed by atoms with E-state index in [1.165, 1.54) is 24.8 Å². The van der Waals surface area contributed by atoms with Gasteiger partial charge in [-0.1, -0.05) is 26.0 Å².